The van der Waals surface area contributed by atoms with Gasteiger partial charge in [0.2, 0.25) is 11.8 Å². The molecule has 7 heteroatoms. The Morgan fingerprint density at radius 1 is 1.17 bits per heavy atom. The minimum atomic E-state index is -0.602. The molecule has 0 aromatic heterocycles. The average Bonchev–Trinajstić information content (AvgIpc) is 2.48. The molecule has 0 saturated carbocycles. The van der Waals surface area contributed by atoms with Crippen LogP contribution in [0, 0.1) is 11.6 Å². The second-order valence-electron chi connectivity index (χ2n) is 4.76. The summed E-state index contributed by atoms with van der Waals surface area (Å²) in [6, 6.07) is 9.08. The van der Waals surface area contributed by atoms with Gasteiger partial charge in [-0.05, 0) is 36.4 Å². The molecular weight excluding hydrogens is 326 g/mol. The molecule has 4 nitrogen and oxygen atoms in total. The first-order chi connectivity index (χ1) is 10.9. The van der Waals surface area contributed by atoms with E-state index in [1.54, 1.807) is 0 Å². The number of carbonyl (C=O) groups is 2. The summed E-state index contributed by atoms with van der Waals surface area (Å²) >= 11 is 5.63. The second kappa shape index (κ2) is 7.19. The van der Waals surface area contributed by atoms with Crippen molar-refractivity contribution in [1.29, 1.82) is 0 Å². The highest BCUT2D eigenvalue weighted by Crippen LogP contribution is 2.20. The van der Waals surface area contributed by atoms with Crippen LogP contribution in [0.1, 0.15) is 6.92 Å². The van der Waals surface area contributed by atoms with Crippen LogP contribution < -0.4 is 10.2 Å². The third-order valence-corrected chi connectivity index (χ3v) is 3.29. The Morgan fingerprint density at radius 3 is 2.52 bits per heavy atom. The lowest BCUT2D eigenvalue weighted by molar-refractivity contribution is -0.120. The lowest BCUT2D eigenvalue weighted by atomic mass is 10.2. The van der Waals surface area contributed by atoms with E-state index in [0.717, 1.165) is 17.0 Å². The SMILES string of the molecule is CC(=O)N(CC(=O)Nc1ccc(F)c(Cl)c1)c1cccc(F)c1. The molecule has 0 bridgehead atoms. The van der Waals surface area contributed by atoms with Crippen LogP contribution in [0.4, 0.5) is 20.2 Å². The average molecular weight is 339 g/mol. The van der Waals surface area contributed by atoms with Gasteiger partial charge < -0.3 is 10.2 Å². The standard InChI is InChI=1S/C16H13ClF2N2O2/c1-10(22)21(13-4-2-3-11(18)7-13)9-16(23)20-12-5-6-15(19)14(17)8-12/h2-8H,9H2,1H3,(H,20,23). The summed E-state index contributed by atoms with van der Waals surface area (Å²) in [7, 11) is 0. The number of rotatable bonds is 4. The lowest BCUT2D eigenvalue weighted by Crippen LogP contribution is -2.36. The summed E-state index contributed by atoms with van der Waals surface area (Å²) in [6.07, 6.45) is 0. The van der Waals surface area contributed by atoms with Gasteiger partial charge in [-0.25, -0.2) is 8.78 Å². The van der Waals surface area contributed by atoms with Crippen molar-refractivity contribution in [3.8, 4) is 0 Å². The molecule has 23 heavy (non-hydrogen) atoms. The van der Waals surface area contributed by atoms with Crippen molar-refractivity contribution in [2.45, 2.75) is 6.92 Å². The third kappa shape index (κ3) is 4.50. The van der Waals surface area contributed by atoms with Crippen molar-refractivity contribution >= 4 is 34.8 Å². The normalized spacial score (nSPS) is 10.3. The second-order valence-corrected chi connectivity index (χ2v) is 5.17. The maximum Gasteiger partial charge on any atom is 0.244 e. The molecule has 2 rings (SSSR count). The lowest BCUT2D eigenvalue weighted by Gasteiger charge is -2.20. The molecule has 2 aromatic carbocycles. The molecule has 1 N–H and O–H groups in total. The van der Waals surface area contributed by atoms with E-state index < -0.39 is 23.4 Å². The first-order valence-electron chi connectivity index (χ1n) is 6.65. The van der Waals surface area contributed by atoms with Crippen LogP contribution in [0.25, 0.3) is 0 Å². The van der Waals surface area contributed by atoms with Gasteiger partial charge in [0.15, 0.2) is 0 Å². The smallest absolute Gasteiger partial charge is 0.244 e. The molecule has 2 aromatic rings. The van der Waals surface area contributed by atoms with Crippen LogP contribution in [0.5, 0.6) is 0 Å². The molecule has 0 fully saturated rings. The number of nitrogens with zero attached hydrogens (tertiary/aromatic N) is 1. The van der Waals surface area contributed by atoms with Gasteiger partial charge in [0, 0.05) is 18.3 Å². The van der Waals surface area contributed by atoms with Crippen molar-refractivity contribution < 1.29 is 18.4 Å². The molecule has 0 atom stereocenters. The molecule has 0 saturated heterocycles. The summed E-state index contributed by atoms with van der Waals surface area (Å²) in [5, 5.41) is 2.37. The van der Waals surface area contributed by atoms with Crippen LogP contribution in [0.15, 0.2) is 42.5 Å². The van der Waals surface area contributed by atoms with Gasteiger partial charge in [-0.1, -0.05) is 17.7 Å². The van der Waals surface area contributed by atoms with Crippen LogP contribution in [0.2, 0.25) is 5.02 Å². The molecule has 0 heterocycles. The number of nitrogens with one attached hydrogen (secondary N) is 1. The van der Waals surface area contributed by atoms with Crippen molar-refractivity contribution in [2.75, 3.05) is 16.8 Å². The fraction of sp³-hybridized carbons (Fsp3) is 0.125. The highest BCUT2D eigenvalue weighted by Gasteiger charge is 2.16. The van der Waals surface area contributed by atoms with Crippen molar-refractivity contribution in [1.82, 2.24) is 0 Å². The summed E-state index contributed by atoms with van der Waals surface area (Å²) in [4.78, 5) is 24.9. The number of anilines is 2. The minimum absolute atomic E-state index is 0.128. The van der Waals surface area contributed by atoms with Gasteiger partial charge in [0.1, 0.15) is 18.2 Å². The molecule has 2 amide bonds. The van der Waals surface area contributed by atoms with Gasteiger partial charge in [0.05, 0.1) is 5.02 Å². The summed E-state index contributed by atoms with van der Waals surface area (Å²) in [5.74, 6) is -2.05. The Bertz CT molecular complexity index is 753. The number of hydrogen-bond donors (Lipinski definition) is 1. The van der Waals surface area contributed by atoms with E-state index in [9.17, 15) is 18.4 Å². The van der Waals surface area contributed by atoms with Crippen molar-refractivity contribution in [3.05, 3.63) is 59.1 Å². The van der Waals surface area contributed by atoms with E-state index in [-0.39, 0.29) is 17.3 Å². The number of benzene rings is 2. The molecular formula is C16H13ClF2N2O2. The van der Waals surface area contributed by atoms with Crippen LogP contribution in [-0.4, -0.2) is 18.4 Å². The third-order valence-electron chi connectivity index (χ3n) is 3.01. The Labute approximate surface area is 136 Å². The summed E-state index contributed by atoms with van der Waals surface area (Å²) < 4.78 is 26.3. The van der Waals surface area contributed by atoms with Crippen molar-refractivity contribution in [2.24, 2.45) is 0 Å². The highest BCUT2D eigenvalue weighted by atomic mass is 35.5. The van der Waals surface area contributed by atoms with Gasteiger partial charge in [-0.15, -0.1) is 0 Å². The van der Waals surface area contributed by atoms with E-state index in [2.05, 4.69) is 5.32 Å². The Morgan fingerprint density at radius 2 is 1.91 bits per heavy atom. The predicted molar refractivity (Wildman–Crippen MR) is 84.5 cm³/mol. The van der Waals surface area contributed by atoms with E-state index in [1.807, 2.05) is 0 Å². The first-order valence-corrected chi connectivity index (χ1v) is 7.03. The number of amides is 2. The number of halogens is 3. The topological polar surface area (TPSA) is 49.4 Å². The molecule has 0 unspecified atom stereocenters. The quantitative estimate of drug-likeness (QED) is 0.925. The zero-order chi connectivity index (χ0) is 17.0. The highest BCUT2D eigenvalue weighted by molar-refractivity contribution is 6.31. The maximum atomic E-state index is 13.3. The molecule has 0 aliphatic rings. The van der Waals surface area contributed by atoms with Crippen LogP contribution in [-0.2, 0) is 9.59 Å². The van der Waals surface area contributed by atoms with Gasteiger partial charge in [0.25, 0.3) is 0 Å². The Hall–Kier alpha value is -2.47. The molecule has 120 valence electrons. The van der Waals surface area contributed by atoms with Crippen LogP contribution in [0.3, 0.4) is 0 Å². The Kier molecular flexibility index (Phi) is 5.28. The molecule has 0 spiro atoms. The Balaban J connectivity index is 2.12. The first kappa shape index (κ1) is 16.9. The zero-order valence-corrected chi connectivity index (χ0v) is 12.9. The number of carbonyl (C=O) groups excluding carboxylic acids is 2. The summed E-state index contributed by atoms with van der Waals surface area (Å²) in [5.41, 5.74) is 0.564. The summed E-state index contributed by atoms with van der Waals surface area (Å²) in [6.45, 7) is 0.959. The van der Waals surface area contributed by atoms with E-state index in [1.165, 1.54) is 37.3 Å². The monoisotopic (exact) mass is 338 g/mol. The van der Waals surface area contributed by atoms with Crippen molar-refractivity contribution in [3.63, 3.8) is 0 Å². The molecule has 0 aliphatic heterocycles. The van der Waals surface area contributed by atoms with Gasteiger partial charge in [-0.3, -0.25) is 9.59 Å². The fourth-order valence-electron chi connectivity index (χ4n) is 1.95. The van der Waals surface area contributed by atoms with E-state index in [4.69, 9.17) is 11.6 Å². The van der Waals surface area contributed by atoms with Gasteiger partial charge >= 0.3 is 0 Å². The fourth-order valence-corrected chi connectivity index (χ4v) is 2.13. The van der Waals surface area contributed by atoms with Gasteiger partial charge in [-0.2, -0.15) is 0 Å². The zero-order valence-electron chi connectivity index (χ0n) is 12.1. The number of hydrogen-bond acceptors (Lipinski definition) is 2. The molecule has 0 radical (unpaired) electrons. The minimum Gasteiger partial charge on any atom is -0.324 e. The van der Waals surface area contributed by atoms with E-state index in [0.29, 0.717) is 5.69 Å². The maximum absolute atomic E-state index is 13.3. The van der Waals surface area contributed by atoms with Crippen LogP contribution >= 0.6 is 11.6 Å². The molecule has 0 aliphatic carbocycles. The van der Waals surface area contributed by atoms with E-state index >= 15 is 0 Å². The largest absolute Gasteiger partial charge is 0.324 e. The predicted octanol–water partition coefficient (Wildman–Crippen LogP) is 3.61.